The molecule has 0 bridgehead atoms. The third kappa shape index (κ3) is 40.7. The number of nitrogens with two attached hydrogens (primary N) is 14. The molecule has 8 rings (SSSR count). The van der Waals surface area contributed by atoms with Crippen molar-refractivity contribution >= 4 is 205 Å². The zero-order valence-corrected chi connectivity index (χ0v) is 69.2. The first-order chi connectivity index (χ1) is 52.8. The first-order valence-corrected chi connectivity index (χ1v) is 35.6. The lowest BCUT2D eigenvalue weighted by Crippen LogP contribution is -2.22. The molecule has 602 valence electrons. The van der Waals surface area contributed by atoms with Gasteiger partial charge in [0.25, 0.3) is 0 Å². The minimum atomic E-state index is -4.52. The number of halogens is 17. The van der Waals surface area contributed by atoms with Gasteiger partial charge in [-0.3, -0.25) is 0 Å². The Labute approximate surface area is 700 Å². The number of furan rings is 1. The number of guanidine groups is 7. The standard InChI is InChI=1S/C13H11F3N4O.C10H11F3N4.C9H10Br2N4.C9H8ClF3N4.C9H11IN4O.C8H8Br2N4.C8H8Cl2N4/c14-13(15,16)10-4-2-1-3-9(10)11-6-5-8(21-11)7-19-20-12(17)18;1-6(16-17-9(14)15)7-3-2-4-8(5-7)10(11,12)13;1-5(14-15-9(12)13)7-4-6(10)2-3-8(7)11;10-7-2-1-5(4-16-17-8(14)15)3-6(7)9(11,12)13;1-15-8-3-2-6(4-7(8)10)5-13-14-9(11)12;2*9-6-2-1-5(3-7(6)10)4-13-14-8(11)12/h1-7H,(H4,17,18,20);2-5H,1H3,(H4,14,15,17);2-4H,1H3,(H4,12,13,15);1-4H,(H4,14,15,17);2-5H,1H3,(H4,11,12,14);2*1-4H,(H4,11,12,14)/b19-7+;16-6+;14-5+;16-4+;13-5+;2*13-4+. The van der Waals surface area contributed by atoms with E-state index in [2.05, 4.69) is 158 Å². The minimum absolute atomic E-state index is 0.0495. The molecule has 0 aliphatic carbocycles. The molecule has 0 aliphatic heterocycles. The molecule has 0 radical (unpaired) electrons. The van der Waals surface area contributed by atoms with Crippen LogP contribution in [0.3, 0.4) is 0 Å². The second-order valence-corrected chi connectivity index (χ2v) is 26.6. The summed E-state index contributed by atoms with van der Waals surface area (Å²) in [6.07, 6.45) is -6.47. The van der Waals surface area contributed by atoms with Gasteiger partial charge in [0.2, 0.25) is 41.7 Å². The highest BCUT2D eigenvalue weighted by Crippen LogP contribution is 2.38. The van der Waals surface area contributed by atoms with Gasteiger partial charge in [0.05, 0.1) is 84.9 Å². The Balaban J connectivity index is 0.000000449. The molecule has 0 aliphatic rings. The lowest BCUT2D eigenvalue weighted by Gasteiger charge is -2.10. The fourth-order valence-corrected chi connectivity index (χ4v) is 10.0. The van der Waals surface area contributed by atoms with Crippen molar-refractivity contribution in [3.05, 3.63) is 244 Å². The van der Waals surface area contributed by atoms with Crippen molar-refractivity contribution in [2.24, 2.45) is 152 Å². The maximum absolute atomic E-state index is 12.9. The number of nitrogens with zero attached hydrogens (tertiary/aromatic N) is 14. The maximum atomic E-state index is 12.9. The van der Waals surface area contributed by atoms with Gasteiger partial charge in [-0.25, -0.2) is 0 Å². The molecule has 0 fully saturated rings. The van der Waals surface area contributed by atoms with E-state index in [4.69, 9.17) is 124 Å². The maximum Gasteiger partial charge on any atom is 0.417 e. The van der Waals surface area contributed by atoms with Crippen LogP contribution in [-0.2, 0) is 18.5 Å². The highest BCUT2D eigenvalue weighted by atomic mass is 127. The SMILES string of the molecule is C/C(=N\N=C(N)N)c1cc(Br)ccc1Br.C/C(=N\N=C(N)N)c1cccc(C(F)(F)F)c1.COc1ccc(/C=N/N=C(N)N)cc1I.NC(N)=N/N=C/c1ccc(-c2ccccc2C(F)(F)F)o1.NC(N)=N/N=C/c1ccc(Br)c(Br)c1.NC(N)=N/N=C/c1ccc(Cl)c(C(F)(F)F)c1.NC(N)=N/N=C/c1ccc(Cl)c(Cl)c1. The fraction of sp³-hybridized carbons (Fsp3) is 0.0909. The van der Waals surface area contributed by atoms with Crippen molar-refractivity contribution in [2.75, 3.05) is 7.11 Å². The number of alkyl halides is 9. The first kappa shape index (κ1) is 98.2. The summed E-state index contributed by atoms with van der Waals surface area (Å²) >= 11 is 32.7. The van der Waals surface area contributed by atoms with E-state index in [0.717, 1.165) is 91.7 Å². The van der Waals surface area contributed by atoms with Gasteiger partial charge in [-0.05, 0) is 199 Å². The molecule has 113 heavy (non-hydrogen) atoms. The van der Waals surface area contributed by atoms with Crippen LogP contribution in [0.2, 0.25) is 15.1 Å². The van der Waals surface area contributed by atoms with E-state index < -0.39 is 35.2 Å². The third-order valence-electron chi connectivity index (χ3n) is 11.9. The monoisotopic (exact) mass is 2000 g/mol. The fourth-order valence-electron chi connectivity index (χ4n) is 7.17. The molecular weight excluding hydrogens is 1940 g/mol. The molecule has 8 aromatic rings. The first-order valence-electron chi connectivity index (χ1n) is 30.2. The van der Waals surface area contributed by atoms with E-state index in [-0.39, 0.29) is 69.4 Å². The van der Waals surface area contributed by atoms with E-state index in [9.17, 15) is 39.5 Å². The summed E-state index contributed by atoms with van der Waals surface area (Å²) in [5.41, 5.74) is 73.8. The molecular formula is C66H67Br4Cl3F9IN28O2. The lowest BCUT2D eigenvalue weighted by molar-refractivity contribution is -0.138. The molecule has 0 spiro atoms. The number of methoxy groups -OCH3 is 1. The lowest BCUT2D eigenvalue weighted by atomic mass is 10.1. The Bertz CT molecular complexity index is 4840. The molecule has 0 amide bonds. The highest BCUT2D eigenvalue weighted by molar-refractivity contribution is 14.1. The predicted molar refractivity (Wildman–Crippen MR) is 456 cm³/mol. The Hall–Kier alpha value is -10.9. The van der Waals surface area contributed by atoms with Gasteiger partial charge in [0.15, 0.2) is 0 Å². The normalized spacial score (nSPS) is 11.3. The van der Waals surface area contributed by atoms with Gasteiger partial charge in [0.1, 0.15) is 17.3 Å². The number of benzene rings is 7. The van der Waals surface area contributed by atoms with Gasteiger partial charge in [-0.2, -0.15) is 75.2 Å². The molecule has 30 nitrogen and oxygen atoms in total. The second kappa shape index (κ2) is 49.5. The van der Waals surface area contributed by atoms with Crippen LogP contribution in [0.25, 0.3) is 11.3 Å². The van der Waals surface area contributed by atoms with Crippen LogP contribution < -0.4 is 85.0 Å². The van der Waals surface area contributed by atoms with E-state index in [0.29, 0.717) is 21.3 Å². The summed E-state index contributed by atoms with van der Waals surface area (Å²) in [5.74, 6) is 0.0901. The summed E-state index contributed by atoms with van der Waals surface area (Å²) in [7, 11) is 1.63. The van der Waals surface area contributed by atoms with Gasteiger partial charge in [-0.1, -0.05) is 115 Å². The molecule has 7 aromatic carbocycles. The third-order valence-corrected chi connectivity index (χ3v) is 16.9. The Morgan fingerprint density at radius 1 is 0.398 bits per heavy atom. The Morgan fingerprint density at radius 3 is 1.31 bits per heavy atom. The molecule has 1 aromatic heterocycles. The van der Waals surface area contributed by atoms with Gasteiger partial charge in [0, 0.05) is 29.0 Å². The van der Waals surface area contributed by atoms with E-state index >= 15 is 0 Å². The van der Waals surface area contributed by atoms with Crippen molar-refractivity contribution in [3.8, 4) is 17.1 Å². The molecule has 47 heteroatoms. The van der Waals surface area contributed by atoms with E-state index in [1.807, 2.05) is 61.5 Å². The molecule has 0 unspecified atom stereocenters. The van der Waals surface area contributed by atoms with Crippen molar-refractivity contribution in [1.29, 1.82) is 0 Å². The van der Waals surface area contributed by atoms with Crippen molar-refractivity contribution < 1.29 is 48.7 Å². The van der Waals surface area contributed by atoms with Gasteiger partial charge in [-0.15, -0.1) is 35.7 Å². The zero-order chi connectivity index (χ0) is 85.3. The largest absolute Gasteiger partial charge is 0.496 e. The average Bonchev–Trinajstić information content (AvgIpc) is 1.77. The summed E-state index contributed by atoms with van der Waals surface area (Å²) in [6, 6.07) is 38.3. The van der Waals surface area contributed by atoms with Gasteiger partial charge >= 0.3 is 18.5 Å². The quantitative estimate of drug-likeness (QED) is 0.0140. The molecule has 28 N–H and O–H groups in total. The van der Waals surface area contributed by atoms with Crippen LogP contribution in [0, 0.1) is 3.57 Å². The van der Waals surface area contributed by atoms with Crippen LogP contribution in [0.15, 0.2) is 245 Å². The summed E-state index contributed by atoms with van der Waals surface area (Å²) in [6.45, 7) is 3.35. The summed E-state index contributed by atoms with van der Waals surface area (Å²) in [5, 5.41) is 50.0. The van der Waals surface area contributed by atoms with E-state index in [1.54, 1.807) is 37.7 Å². The molecule has 0 saturated heterocycles. The zero-order valence-electron chi connectivity index (χ0n) is 58.4. The number of hydrogen-bond donors (Lipinski definition) is 14. The molecule has 1 heterocycles. The number of rotatable bonds is 16. The van der Waals surface area contributed by atoms with Crippen LogP contribution >= 0.6 is 121 Å². The number of hydrogen-bond acceptors (Lipinski definition) is 16. The highest BCUT2D eigenvalue weighted by Gasteiger charge is 2.35. The summed E-state index contributed by atoms with van der Waals surface area (Å²) in [4.78, 5) is 0. The van der Waals surface area contributed by atoms with Crippen molar-refractivity contribution in [1.82, 2.24) is 0 Å². The molecule has 0 atom stereocenters. The smallest absolute Gasteiger partial charge is 0.417 e. The van der Waals surface area contributed by atoms with Crippen LogP contribution in [-0.4, -0.2) is 91.3 Å². The summed E-state index contributed by atoms with van der Waals surface area (Å²) < 4.78 is 129. The Morgan fingerprint density at radius 2 is 0.841 bits per heavy atom. The van der Waals surface area contributed by atoms with Crippen molar-refractivity contribution in [3.63, 3.8) is 0 Å². The average molecular weight is 2010 g/mol. The van der Waals surface area contributed by atoms with Crippen LogP contribution in [0.1, 0.15) is 69.7 Å². The Kier molecular flexibility index (Phi) is 43.0. The topological polar surface area (TPSA) is 560 Å². The minimum Gasteiger partial charge on any atom is -0.496 e. The number of ether oxygens (including phenoxy) is 1. The van der Waals surface area contributed by atoms with Crippen LogP contribution in [0.5, 0.6) is 5.75 Å². The predicted octanol–water partition coefficient (Wildman–Crippen LogP) is 12.8. The van der Waals surface area contributed by atoms with E-state index in [1.165, 1.54) is 67.9 Å². The van der Waals surface area contributed by atoms with Crippen molar-refractivity contribution in [2.45, 2.75) is 32.4 Å². The molecule has 0 saturated carbocycles. The van der Waals surface area contributed by atoms with Gasteiger partial charge < -0.3 is 89.4 Å². The van der Waals surface area contributed by atoms with Crippen LogP contribution in [0.4, 0.5) is 39.5 Å². The second-order valence-electron chi connectivity index (χ2n) is 20.7.